The molecule has 1 heterocycles. The normalized spacial score (nSPS) is 19.3. The lowest BCUT2D eigenvalue weighted by atomic mass is 10.1. The smallest absolute Gasteiger partial charge is 0.253 e. The fraction of sp³-hybridized carbons (Fsp3) is 0.500. The molecule has 0 spiro atoms. The van der Waals surface area contributed by atoms with Gasteiger partial charge in [-0.15, -0.1) is 0 Å². The number of aliphatic hydroxyl groups is 1. The third-order valence-electron chi connectivity index (χ3n) is 3.79. The number of rotatable bonds is 4. The number of nitrogens with one attached hydrogen (secondary N) is 1. The number of halogens is 1. The van der Waals surface area contributed by atoms with Crippen molar-refractivity contribution in [1.29, 1.82) is 0 Å². The Balaban J connectivity index is 1.93. The first-order valence-corrected chi connectivity index (χ1v) is 7.79. The monoisotopic (exact) mass is 324 g/mol. The summed E-state index contributed by atoms with van der Waals surface area (Å²) >= 11 is 5.99. The number of carbonyl (C=O) groups is 2. The number of carbonyl (C=O) groups excluding carboxylic acids is 2. The van der Waals surface area contributed by atoms with Gasteiger partial charge < -0.3 is 15.3 Å². The zero-order valence-electron chi connectivity index (χ0n) is 12.8. The third-order valence-corrected chi connectivity index (χ3v) is 4.13. The van der Waals surface area contributed by atoms with Crippen LogP contribution in [-0.2, 0) is 9.59 Å². The van der Waals surface area contributed by atoms with E-state index in [1.165, 1.54) is 0 Å². The highest BCUT2D eigenvalue weighted by Gasteiger charge is 2.30. The minimum Gasteiger partial charge on any atom is -0.378 e. The molecule has 1 saturated heterocycles. The van der Waals surface area contributed by atoms with Gasteiger partial charge in [0.2, 0.25) is 5.91 Å². The van der Waals surface area contributed by atoms with Crippen molar-refractivity contribution >= 4 is 23.4 Å². The van der Waals surface area contributed by atoms with Gasteiger partial charge in [-0.3, -0.25) is 9.59 Å². The first kappa shape index (κ1) is 16.8. The van der Waals surface area contributed by atoms with Gasteiger partial charge in [-0.1, -0.05) is 43.6 Å². The molecule has 1 aliphatic rings. The van der Waals surface area contributed by atoms with Gasteiger partial charge in [-0.05, 0) is 12.5 Å². The average Bonchev–Trinajstić information content (AvgIpc) is 2.94. The van der Waals surface area contributed by atoms with Crippen molar-refractivity contribution in [3.8, 4) is 0 Å². The van der Waals surface area contributed by atoms with Crippen LogP contribution in [0.15, 0.2) is 24.3 Å². The molecule has 1 aromatic rings. The molecule has 2 N–H and O–H groups in total. The Morgan fingerprint density at radius 2 is 2.05 bits per heavy atom. The molecule has 2 amide bonds. The second-order valence-electron chi connectivity index (χ2n) is 5.86. The van der Waals surface area contributed by atoms with Gasteiger partial charge in [0.1, 0.15) is 0 Å². The van der Waals surface area contributed by atoms with Crippen LogP contribution in [0, 0.1) is 5.92 Å². The van der Waals surface area contributed by atoms with Crippen LogP contribution in [0.2, 0.25) is 5.02 Å². The standard InChI is InChI=1S/C16H21ClN2O3/c1-10(2)16(22)19-8-7-11(9-19)18-15(21)14(20)12-5-3-4-6-13(12)17/h3-6,10-11,14,20H,7-9H2,1-2H3,(H,18,21)/t11-,14+/m0/s1. The van der Waals surface area contributed by atoms with E-state index in [0.717, 1.165) is 0 Å². The molecule has 1 aromatic carbocycles. The molecule has 0 aromatic heterocycles. The highest BCUT2D eigenvalue weighted by atomic mass is 35.5. The van der Waals surface area contributed by atoms with Crippen molar-refractivity contribution in [1.82, 2.24) is 10.2 Å². The molecule has 0 unspecified atom stereocenters. The van der Waals surface area contributed by atoms with Crippen molar-refractivity contribution < 1.29 is 14.7 Å². The summed E-state index contributed by atoms with van der Waals surface area (Å²) in [6.45, 7) is 4.83. The van der Waals surface area contributed by atoms with Gasteiger partial charge in [-0.25, -0.2) is 0 Å². The van der Waals surface area contributed by atoms with Gasteiger partial charge >= 0.3 is 0 Å². The van der Waals surface area contributed by atoms with Crippen LogP contribution in [0.1, 0.15) is 31.9 Å². The molecule has 0 radical (unpaired) electrons. The van der Waals surface area contributed by atoms with Crippen LogP contribution in [0.5, 0.6) is 0 Å². The lowest BCUT2D eigenvalue weighted by Gasteiger charge is -2.20. The van der Waals surface area contributed by atoms with E-state index in [1.807, 2.05) is 13.8 Å². The fourth-order valence-electron chi connectivity index (χ4n) is 2.56. The van der Waals surface area contributed by atoms with Crippen molar-refractivity contribution in [3.05, 3.63) is 34.9 Å². The summed E-state index contributed by atoms with van der Waals surface area (Å²) in [6, 6.07) is 6.58. The zero-order valence-corrected chi connectivity index (χ0v) is 13.5. The van der Waals surface area contributed by atoms with E-state index in [4.69, 9.17) is 11.6 Å². The van der Waals surface area contributed by atoms with E-state index in [9.17, 15) is 14.7 Å². The number of aliphatic hydroxyl groups excluding tert-OH is 1. The predicted octanol–water partition coefficient (Wildman–Crippen LogP) is 1.75. The molecule has 120 valence electrons. The maximum absolute atomic E-state index is 12.1. The van der Waals surface area contributed by atoms with Crippen LogP contribution in [0.4, 0.5) is 0 Å². The van der Waals surface area contributed by atoms with Crippen LogP contribution in [0.3, 0.4) is 0 Å². The molecular weight excluding hydrogens is 304 g/mol. The summed E-state index contributed by atoms with van der Waals surface area (Å²) < 4.78 is 0. The molecule has 22 heavy (non-hydrogen) atoms. The molecule has 0 saturated carbocycles. The van der Waals surface area contributed by atoms with Gasteiger partial charge in [0.15, 0.2) is 6.10 Å². The molecule has 5 nitrogen and oxygen atoms in total. The quantitative estimate of drug-likeness (QED) is 0.886. The second kappa shape index (κ2) is 7.11. The van der Waals surface area contributed by atoms with E-state index in [0.29, 0.717) is 30.1 Å². The lowest BCUT2D eigenvalue weighted by Crippen LogP contribution is -2.41. The van der Waals surface area contributed by atoms with E-state index in [2.05, 4.69) is 5.32 Å². The Labute approximate surface area is 135 Å². The van der Waals surface area contributed by atoms with Crippen molar-refractivity contribution in [2.45, 2.75) is 32.4 Å². The summed E-state index contributed by atoms with van der Waals surface area (Å²) in [4.78, 5) is 25.8. The Bertz CT molecular complexity index is 562. The Morgan fingerprint density at radius 1 is 1.36 bits per heavy atom. The summed E-state index contributed by atoms with van der Waals surface area (Å²) in [5, 5.41) is 13.3. The number of benzene rings is 1. The van der Waals surface area contributed by atoms with Gasteiger partial charge in [0.25, 0.3) is 5.91 Å². The van der Waals surface area contributed by atoms with E-state index in [1.54, 1.807) is 29.2 Å². The summed E-state index contributed by atoms with van der Waals surface area (Å²) in [7, 11) is 0. The molecule has 1 fully saturated rings. The Morgan fingerprint density at radius 3 is 2.68 bits per heavy atom. The first-order chi connectivity index (χ1) is 10.4. The first-order valence-electron chi connectivity index (χ1n) is 7.41. The van der Waals surface area contributed by atoms with E-state index in [-0.39, 0.29) is 17.9 Å². The van der Waals surface area contributed by atoms with E-state index >= 15 is 0 Å². The number of likely N-dealkylation sites (tertiary alicyclic amines) is 1. The average molecular weight is 325 g/mol. The molecule has 2 rings (SSSR count). The predicted molar refractivity (Wildman–Crippen MR) is 84.4 cm³/mol. The van der Waals surface area contributed by atoms with Gasteiger partial charge in [0.05, 0.1) is 0 Å². The maximum Gasteiger partial charge on any atom is 0.253 e. The number of nitrogens with zero attached hydrogens (tertiary/aromatic N) is 1. The van der Waals surface area contributed by atoms with Crippen LogP contribution in [0.25, 0.3) is 0 Å². The molecule has 6 heteroatoms. The van der Waals surface area contributed by atoms with Crippen LogP contribution >= 0.6 is 11.6 Å². The number of amides is 2. The summed E-state index contributed by atoms with van der Waals surface area (Å²) in [6.07, 6.45) is -0.608. The fourth-order valence-corrected chi connectivity index (χ4v) is 2.80. The molecule has 1 aliphatic heterocycles. The van der Waals surface area contributed by atoms with Crippen molar-refractivity contribution in [3.63, 3.8) is 0 Å². The summed E-state index contributed by atoms with van der Waals surface area (Å²) in [5.74, 6) is -0.455. The lowest BCUT2D eigenvalue weighted by molar-refractivity contribution is -0.134. The number of hydrogen-bond acceptors (Lipinski definition) is 3. The van der Waals surface area contributed by atoms with Gasteiger partial charge in [-0.2, -0.15) is 0 Å². The third kappa shape index (κ3) is 3.78. The second-order valence-corrected chi connectivity index (χ2v) is 6.26. The SMILES string of the molecule is CC(C)C(=O)N1CC[C@H](NC(=O)[C@H](O)c2ccccc2Cl)C1. The van der Waals surface area contributed by atoms with E-state index < -0.39 is 12.0 Å². The maximum atomic E-state index is 12.1. The van der Waals surface area contributed by atoms with Crippen LogP contribution < -0.4 is 5.32 Å². The Hall–Kier alpha value is -1.59. The van der Waals surface area contributed by atoms with Crippen molar-refractivity contribution in [2.75, 3.05) is 13.1 Å². The van der Waals surface area contributed by atoms with Crippen LogP contribution in [-0.4, -0.2) is 41.0 Å². The van der Waals surface area contributed by atoms with Crippen molar-refractivity contribution in [2.24, 2.45) is 5.92 Å². The minimum atomic E-state index is -1.30. The molecule has 0 bridgehead atoms. The molecule has 2 atom stereocenters. The highest BCUT2D eigenvalue weighted by Crippen LogP contribution is 2.23. The minimum absolute atomic E-state index is 0.0526. The molecular formula is C16H21ClN2O3. The molecule has 0 aliphatic carbocycles. The largest absolute Gasteiger partial charge is 0.378 e. The highest BCUT2D eigenvalue weighted by molar-refractivity contribution is 6.31. The summed E-state index contributed by atoms with van der Waals surface area (Å²) in [5.41, 5.74) is 0.384. The Kier molecular flexibility index (Phi) is 5.42. The number of hydrogen-bond donors (Lipinski definition) is 2. The zero-order chi connectivity index (χ0) is 16.3. The topological polar surface area (TPSA) is 69.6 Å². The van der Waals surface area contributed by atoms with Gasteiger partial charge in [0, 0.05) is 35.6 Å².